The zero-order valence-corrected chi connectivity index (χ0v) is 15.2. The highest BCUT2D eigenvalue weighted by atomic mass is 35.5. The number of benzene rings is 1. The van der Waals surface area contributed by atoms with Crippen LogP contribution in [-0.2, 0) is 4.79 Å². The fourth-order valence-electron chi connectivity index (χ4n) is 2.11. The molecular formula is C14H12Cl4N2O3. The molecular weight excluding hydrogens is 386 g/mol. The molecule has 124 valence electrons. The summed E-state index contributed by atoms with van der Waals surface area (Å²) in [5, 5.41) is 2.15. The Morgan fingerprint density at radius 1 is 1.00 bits per heavy atom. The van der Waals surface area contributed by atoms with E-state index in [-0.39, 0.29) is 37.3 Å². The normalized spacial score (nSPS) is 15.0. The standard InChI is InChI=1S/C14H12Cl4N2O3/c1-3-5(2)19-6(21)4-20-13(22)7-8(14(20)23)10(16)12(18)11(17)9(7)15/h5H,3-4H2,1-2H3,(H,19,21)/t5-/m1/s1. The van der Waals surface area contributed by atoms with E-state index < -0.39 is 24.3 Å². The van der Waals surface area contributed by atoms with Crippen LogP contribution in [0.4, 0.5) is 0 Å². The molecule has 5 nitrogen and oxygen atoms in total. The molecule has 1 aliphatic heterocycles. The fraction of sp³-hybridized carbons (Fsp3) is 0.357. The van der Waals surface area contributed by atoms with Crippen LogP contribution in [0.3, 0.4) is 0 Å². The molecule has 0 aromatic heterocycles. The molecule has 0 saturated heterocycles. The zero-order valence-electron chi connectivity index (χ0n) is 12.2. The van der Waals surface area contributed by atoms with Crippen LogP contribution >= 0.6 is 46.4 Å². The third-order valence-corrected chi connectivity index (χ3v) is 5.31. The molecule has 0 unspecified atom stereocenters. The van der Waals surface area contributed by atoms with Gasteiger partial charge in [-0.3, -0.25) is 19.3 Å². The second-order valence-corrected chi connectivity index (χ2v) is 6.59. The maximum absolute atomic E-state index is 12.4. The van der Waals surface area contributed by atoms with Crippen molar-refractivity contribution < 1.29 is 14.4 Å². The molecule has 1 heterocycles. The number of rotatable bonds is 4. The van der Waals surface area contributed by atoms with Crippen LogP contribution in [-0.4, -0.2) is 35.2 Å². The number of nitrogens with zero attached hydrogens (tertiary/aromatic N) is 1. The minimum Gasteiger partial charge on any atom is -0.352 e. The van der Waals surface area contributed by atoms with Crippen molar-refractivity contribution in [1.29, 1.82) is 0 Å². The lowest BCUT2D eigenvalue weighted by Gasteiger charge is -2.16. The maximum atomic E-state index is 12.4. The largest absolute Gasteiger partial charge is 0.352 e. The maximum Gasteiger partial charge on any atom is 0.263 e. The number of carbonyl (C=O) groups excluding carboxylic acids is 3. The molecule has 0 aliphatic carbocycles. The molecule has 2 rings (SSSR count). The molecule has 0 fully saturated rings. The molecule has 23 heavy (non-hydrogen) atoms. The lowest BCUT2D eigenvalue weighted by molar-refractivity contribution is -0.122. The predicted molar refractivity (Wildman–Crippen MR) is 89.7 cm³/mol. The van der Waals surface area contributed by atoms with Gasteiger partial charge in [0.25, 0.3) is 11.8 Å². The quantitative estimate of drug-likeness (QED) is 0.477. The first-order chi connectivity index (χ1) is 10.7. The number of nitrogens with one attached hydrogen (secondary N) is 1. The minimum atomic E-state index is -0.727. The molecule has 1 aromatic carbocycles. The molecule has 0 spiro atoms. The van der Waals surface area contributed by atoms with Gasteiger partial charge in [-0.25, -0.2) is 0 Å². The van der Waals surface area contributed by atoms with E-state index in [0.29, 0.717) is 0 Å². The number of halogens is 4. The molecule has 1 atom stereocenters. The Bertz CT molecular complexity index is 674. The molecule has 1 aromatic rings. The van der Waals surface area contributed by atoms with E-state index in [1.165, 1.54) is 0 Å². The monoisotopic (exact) mass is 396 g/mol. The molecule has 1 N–H and O–H groups in total. The Morgan fingerprint density at radius 3 is 1.83 bits per heavy atom. The van der Waals surface area contributed by atoms with E-state index in [4.69, 9.17) is 46.4 Å². The van der Waals surface area contributed by atoms with Gasteiger partial charge in [0.15, 0.2) is 0 Å². The van der Waals surface area contributed by atoms with Crippen molar-refractivity contribution in [3.05, 3.63) is 31.2 Å². The molecule has 1 aliphatic rings. The van der Waals surface area contributed by atoms with Crippen LogP contribution in [0.25, 0.3) is 0 Å². The van der Waals surface area contributed by atoms with Crippen molar-refractivity contribution in [1.82, 2.24) is 10.2 Å². The predicted octanol–water partition coefficient (Wildman–Crippen LogP) is 3.81. The fourth-order valence-corrected chi connectivity index (χ4v) is 3.12. The van der Waals surface area contributed by atoms with Gasteiger partial charge < -0.3 is 5.32 Å². The van der Waals surface area contributed by atoms with Gasteiger partial charge >= 0.3 is 0 Å². The van der Waals surface area contributed by atoms with Gasteiger partial charge in [-0.15, -0.1) is 0 Å². The number of hydrogen-bond acceptors (Lipinski definition) is 3. The van der Waals surface area contributed by atoms with Crippen LogP contribution in [0.5, 0.6) is 0 Å². The second kappa shape index (κ2) is 6.85. The first-order valence-electron chi connectivity index (χ1n) is 6.72. The molecule has 0 bridgehead atoms. The topological polar surface area (TPSA) is 66.5 Å². The minimum absolute atomic E-state index is 0.0752. The van der Waals surface area contributed by atoms with Crippen molar-refractivity contribution >= 4 is 64.1 Å². The highest BCUT2D eigenvalue weighted by Crippen LogP contribution is 2.44. The second-order valence-electron chi connectivity index (χ2n) is 5.08. The Kier molecular flexibility index (Phi) is 5.46. The van der Waals surface area contributed by atoms with Crippen LogP contribution in [0, 0.1) is 0 Å². The van der Waals surface area contributed by atoms with Gasteiger partial charge in [0.1, 0.15) is 6.54 Å². The van der Waals surface area contributed by atoms with Crippen molar-refractivity contribution in [2.75, 3.05) is 6.54 Å². The third kappa shape index (κ3) is 3.15. The van der Waals surface area contributed by atoms with E-state index in [1.54, 1.807) is 0 Å². The lowest BCUT2D eigenvalue weighted by atomic mass is 10.1. The molecule has 9 heteroatoms. The average Bonchev–Trinajstić information content (AvgIpc) is 2.75. The van der Waals surface area contributed by atoms with Crippen molar-refractivity contribution in [3.63, 3.8) is 0 Å². The smallest absolute Gasteiger partial charge is 0.263 e. The van der Waals surface area contributed by atoms with Gasteiger partial charge in [0.2, 0.25) is 5.91 Å². The Balaban J connectivity index is 2.37. The van der Waals surface area contributed by atoms with Gasteiger partial charge in [0, 0.05) is 6.04 Å². The number of carbonyl (C=O) groups is 3. The summed E-state index contributed by atoms with van der Waals surface area (Å²) in [5.74, 6) is -1.91. The van der Waals surface area contributed by atoms with Crippen molar-refractivity contribution in [2.24, 2.45) is 0 Å². The van der Waals surface area contributed by atoms with E-state index in [9.17, 15) is 14.4 Å². The van der Waals surface area contributed by atoms with Crippen LogP contribution in [0.15, 0.2) is 0 Å². The Hall–Kier alpha value is -1.01. The summed E-state index contributed by atoms with van der Waals surface area (Å²) in [6.07, 6.45) is 0.719. The number of imide groups is 1. The summed E-state index contributed by atoms with van der Waals surface area (Å²) in [5.41, 5.74) is -0.264. The lowest BCUT2D eigenvalue weighted by Crippen LogP contribution is -2.43. The highest BCUT2D eigenvalue weighted by molar-refractivity contribution is 6.55. The van der Waals surface area contributed by atoms with Gasteiger partial charge in [-0.05, 0) is 13.3 Å². The van der Waals surface area contributed by atoms with E-state index in [1.807, 2.05) is 13.8 Å². The molecule has 0 saturated carbocycles. The van der Waals surface area contributed by atoms with Crippen LogP contribution in [0.2, 0.25) is 20.1 Å². The summed E-state index contributed by atoms with van der Waals surface area (Å²) in [7, 11) is 0. The van der Waals surface area contributed by atoms with Crippen molar-refractivity contribution in [2.45, 2.75) is 26.3 Å². The van der Waals surface area contributed by atoms with Crippen molar-refractivity contribution in [3.8, 4) is 0 Å². The number of hydrogen-bond donors (Lipinski definition) is 1. The Morgan fingerprint density at radius 2 is 1.43 bits per heavy atom. The van der Waals surface area contributed by atoms with Gasteiger partial charge in [-0.2, -0.15) is 0 Å². The van der Waals surface area contributed by atoms with Crippen LogP contribution < -0.4 is 5.32 Å². The summed E-state index contributed by atoms with van der Waals surface area (Å²) in [4.78, 5) is 37.5. The highest BCUT2D eigenvalue weighted by Gasteiger charge is 2.42. The van der Waals surface area contributed by atoms with Gasteiger partial charge in [0.05, 0.1) is 31.2 Å². The average molecular weight is 398 g/mol. The van der Waals surface area contributed by atoms with E-state index in [2.05, 4.69) is 5.32 Å². The Labute approximate surface area is 152 Å². The van der Waals surface area contributed by atoms with E-state index in [0.717, 1.165) is 11.3 Å². The summed E-state index contributed by atoms with van der Waals surface area (Å²) < 4.78 is 0. The summed E-state index contributed by atoms with van der Waals surface area (Å²) in [6.45, 7) is 3.28. The summed E-state index contributed by atoms with van der Waals surface area (Å²) in [6, 6.07) is -0.0752. The molecule has 3 amide bonds. The first-order valence-corrected chi connectivity index (χ1v) is 8.23. The van der Waals surface area contributed by atoms with E-state index >= 15 is 0 Å². The number of fused-ring (bicyclic) bond motifs is 1. The zero-order chi connectivity index (χ0) is 17.5. The van der Waals surface area contributed by atoms with Gasteiger partial charge in [-0.1, -0.05) is 53.3 Å². The first kappa shape index (κ1) is 18.3. The van der Waals surface area contributed by atoms with Crippen LogP contribution in [0.1, 0.15) is 41.0 Å². The summed E-state index contributed by atoms with van der Waals surface area (Å²) >= 11 is 23.8. The SMILES string of the molecule is CC[C@@H](C)NC(=O)CN1C(=O)c2c(Cl)c(Cl)c(Cl)c(Cl)c2C1=O. The molecule has 0 radical (unpaired) electrons. The number of amides is 3. The third-order valence-electron chi connectivity index (χ3n) is 3.51.